The van der Waals surface area contributed by atoms with Gasteiger partial charge in [-0.2, -0.15) is 0 Å². The highest BCUT2D eigenvalue weighted by Gasteiger charge is 2.01. The van der Waals surface area contributed by atoms with Gasteiger partial charge in [-0.3, -0.25) is 0 Å². The number of aryl methyl sites for hydroxylation is 1. The molecular formula is C17H15FN2O2. The Balaban J connectivity index is 1.76. The largest absolute Gasteiger partial charge is 0.445 e. The number of hydrogen-bond donors (Lipinski definition) is 1. The summed E-state index contributed by atoms with van der Waals surface area (Å²) in [6.45, 7) is 2.06. The molecule has 0 aliphatic heterocycles. The van der Waals surface area contributed by atoms with Crippen LogP contribution < -0.4 is 5.32 Å². The van der Waals surface area contributed by atoms with E-state index in [9.17, 15) is 9.18 Å². The third-order valence-electron chi connectivity index (χ3n) is 2.79. The monoisotopic (exact) mass is 298 g/mol. The Hall–Kier alpha value is -2.87. The van der Waals surface area contributed by atoms with E-state index in [0.29, 0.717) is 11.3 Å². The number of carbonyl (C=O) groups is 1. The van der Waals surface area contributed by atoms with Gasteiger partial charge in [0.1, 0.15) is 18.1 Å². The number of aromatic nitrogens is 1. The van der Waals surface area contributed by atoms with E-state index < -0.39 is 11.9 Å². The number of amides is 1. The molecule has 0 radical (unpaired) electrons. The molecule has 5 heteroatoms. The van der Waals surface area contributed by atoms with Crippen molar-refractivity contribution in [2.75, 3.05) is 6.54 Å². The summed E-state index contributed by atoms with van der Waals surface area (Å²) in [7, 11) is 0. The minimum atomic E-state index is -0.540. The van der Waals surface area contributed by atoms with Gasteiger partial charge in [-0.15, -0.1) is 0 Å². The molecule has 0 atom stereocenters. The third-order valence-corrected chi connectivity index (χ3v) is 2.79. The zero-order valence-electron chi connectivity index (χ0n) is 12.1. The maximum Gasteiger partial charge on any atom is 0.408 e. The van der Waals surface area contributed by atoms with E-state index in [-0.39, 0.29) is 13.2 Å². The Bertz CT molecular complexity index is 706. The van der Waals surface area contributed by atoms with Crippen molar-refractivity contribution >= 4 is 6.09 Å². The van der Waals surface area contributed by atoms with Crippen LogP contribution in [-0.4, -0.2) is 17.6 Å². The van der Waals surface area contributed by atoms with Gasteiger partial charge in [-0.05, 0) is 30.0 Å². The van der Waals surface area contributed by atoms with Gasteiger partial charge in [0.05, 0.1) is 12.7 Å². The summed E-state index contributed by atoms with van der Waals surface area (Å²) in [5.41, 5.74) is 2.05. The highest BCUT2D eigenvalue weighted by Crippen LogP contribution is 2.04. The Morgan fingerprint density at radius 1 is 1.36 bits per heavy atom. The van der Waals surface area contributed by atoms with Gasteiger partial charge in [0, 0.05) is 0 Å². The van der Waals surface area contributed by atoms with Crippen LogP contribution in [0.5, 0.6) is 0 Å². The first kappa shape index (κ1) is 15.5. The van der Waals surface area contributed by atoms with Crippen molar-refractivity contribution in [1.82, 2.24) is 10.3 Å². The van der Waals surface area contributed by atoms with E-state index in [1.54, 1.807) is 6.92 Å². The summed E-state index contributed by atoms with van der Waals surface area (Å²) < 4.78 is 17.9. The molecule has 0 spiro atoms. The fraction of sp³-hybridized carbons (Fsp3) is 0.176. The van der Waals surface area contributed by atoms with Crippen molar-refractivity contribution in [3.05, 3.63) is 65.2 Å². The van der Waals surface area contributed by atoms with Crippen LogP contribution in [0.2, 0.25) is 0 Å². The Morgan fingerprint density at radius 3 is 2.86 bits per heavy atom. The summed E-state index contributed by atoms with van der Waals surface area (Å²) in [6.07, 6.45) is 0.570. The lowest BCUT2D eigenvalue weighted by molar-refractivity contribution is 0.141. The Morgan fingerprint density at radius 2 is 2.14 bits per heavy atom. The summed E-state index contributed by atoms with van der Waals surface area (Å²) >= 11 is 0. The fourth-order valence-electron chi connectivity index (χ4n) is 1.69. The highest BCUT2D eigenvalue weighted by atomic mass is 19.1. The molecule has 1 aromatic carbocycles. The lowest BCUT2D eigenvalue weighted by Crippen LogP contribution is -2.24. The molecule has 0 saturated heterocycles. The standard InChI is InChI=1S/C17H15FN2O2/c1-13-10-15(18)11-20-16(13)8-5-9-19-17(21)22-12-14-6-3-2-4-7-14/h2-4,6-7,10-11H,9,12H2,1H3,(H,19,21). The molecule has 22 heavy (non-hydrogen) atoms. The molecule has 0 saturated carbocycles. The van der Waals surface area contributed by atoms with E-state index in [4.69, 9.17) is 4.74 Å². The van der Waals surface area contributed by atoms with Crippen LogP contribution in [-0.2, 0) is 11.3 Å². The number of carbonyl (C=O) groups excluding carboxylic acids is 1. The van der Waals surface area contributed by atoms with Gasteiger partial charge in [0.2, 0.25) is 0 Å². The molecule has 4 nitrogen and oxygen atoms in total. The lowest BCUT2D eigenvalue weighted by Gasteiger charge is -2.04. The SMILES string of the molecule is Cc1cc(F)cnc1C#CCNC(=O)OCc1ccccc1. The second kappa shape index (κ2) is 7.79. The number of rotatable bonds is 3. The van der Waals surface area contributed by atoms with Crippen molar-refractivity contribution in [2.24, 2.45) is 0 Å². The van der Waals surface area contributed by atoms with Crippen molar-refractivity contribution in [3.8, 4) is 11.8 Å². The van der Waals surface area contributed by atoms with E-state index in [1.165, 1.54) is 6.07 Å². The van der Waals surface area contributed by atoms with E-state index >= 15 is 0 Å². The highest BCUT2D eigenvalue weighted by molar-refractivity contribution is 5.67. The average Bonchev–Trinajstić information content (AvgIpc) is 2.52. The van der Waals surface area contributed by atoms with Crippen LogP contribution in [0, 0.1) is 24.6 Å². The Labute approximate surface area is 128 Å². The molecule has 0 aliphatic rings. The second-order valence-corrected chi connectivity index (χ2v) is 4.54. The number of nitrogens with one attached hydrogen (secondary N) is 1. The van der Waals surface area contributed by atoms with Crippen LogP contribution in [0.1, 0.15) is 16.8 Å². The Kier molecular flexibility index (Phi) is 5.50. The molecule has 2 aromatic rings. The first-order chi connectivity index (χ1) is 10.6. The summed E-state index contributed by atoms with van der Waals surface area (Å²) in [6, 6.07) is 10.7. The zero-order chi connectivity index (χ0) is 15.8. The van der Waals surface area contributed by atoms with Gasteiger partial charge in [-0.1, -0.05) is 36.3 Å². The number of alkyl carbamates (subject to hydrolysis) is 1. The topological polar surface area (TPSA) is 51.2 Å². The molecule has 2 rings (SSSR count). The van der Waals surface area contributed by atoms with Crippen molar-refractivity contribution in [3.63, 3.8) is 0 Å². The van der Waals surface area contributed by atoms with Crippen LogP contribution in [0.3, 0.4) is 0 Å². The molecule has 1 aromatic heterocycles. The molecule has 112 valence electrons. The third kappa shape index (κ3) is 4.91. The van der Waals surface area contributed by atoms with Crippen molar-refractivity contribution in [2.45, 2.75) is 13.5 Å². The summed E-state index contributed by atoms with van der Waals surface area (Å²) in [5.74, 6) is 5.12. The predicted octanol–water partition coefficient (Wildman–Crippen LogP) is 2.81. The number of ether oxygens (including phenoxy) is 1. The predicted molar refractivity (Wildman–Crippen MR) is 80.4 cm³/mol. The number of nitrogens with zero attached hydrogens (tertiary/aromatic N) is 1. The van der Waals surface area contributed by atoms with E-state index in [2.05, 4.69) is 22.1 Å². The maximum atomic E-state index is 12.9. The second-order valence-electron chi connectivity index (χ2n) is 4.54. The smallest absolute Gasteiger partial charge is 0.408 e. The van der Waals surface area contributed by atoms with Crippen LogP contribution in [0.15, 0.2) is 42.6 Å². The number of hydrogen-bond acceptors (Lipinski definition) is 3. The van der Waals surface area contributed by atoms with Gasteiger partial charge >= 0.3 is 6.09 Å². The van der Waals surface area contributed by atoms with Gasteiger partial charge in [0.25, 0.3) is 0 Å². The van der Waals surface area contributed by atoms with Crippen LogP contribution in [0.4, 0.5) is 9.18 Å². The van der Waals surface area contributed by atoms with Crippen molar-refractivity contribution in [1.29, 1.82) is 0 Å². The molecular weight excluding hydrogens is 283 g/mol. The molecule has 0 bridgehead atoms. The molecule has 0 aliphatic carbocycles. The summed E-state index contributed by atoms with van der Waals surface area (Å²) in [5, 5.41) is 2.52. The minimum Gasteiger partial charge on any atom is -0.445 e. The first-order valence-corrected chi connectivity index (χ1v) is 6.71. The minimum absolute atomic E-state index is 0.131. The summed E-state index contributed by atoms with van der Waals surface area (Å²) in [4.78, 5) is 15.4. The molecule has 1 heterocycles. The van der Waals surface area contributed by atoms with E-state index in [0.717, 1.165) is 11.8 Å². The quantitative estimate of drug-likeness (QED) is 0.887. The molecule has 1 N–H and O–H groups in total. The number of halogens is 1. The van der Waals surface area contributed by atoms with Gasteiger partial charge in [0.15, 0.2) is 0 Å². The van der Waals surface area contributed by atoms with Crippen LogP contribution >= 0.6 is 0 Å². The molecule has 1 amide bonds. The van der Waals surface area contributed by atoms with Gasteiger partial charge in [-0.25, -0.2) is 14.2 Å². The zero-order valence-corrected chi connectivity index (χ0v) is 12.1. The van der Waals surface area contributed by atoms with Crippen LogP contribution in [0.25, 0.3) is 0 Å². The first-order valence-electron chi connectivity index (χ1n) is 6.71. The average molecular weight is 298 g/mol. The van der Waals surface area contributed by atoms with E-state index in [1.807, 2.05) is 30.3 Å². The number of pyridine rings is 1. The number of benzene rings is 1. The molecule has 0 unspecified atom stereocenters. The fourth-order valence-corrected chi connectivity index (χ4v) is 1.69. The molecule has 0 fully saturated rings. The normalized spacial score (nSPS) is 9.55. The maximum absolute atomic E-state index is 12.9. The lowest BCUT2D eigenvalue weighted by atomic mass is 10.2. The van der Waals surface area contributed by atoms with Crippen molar-refractivity contribution < 1.29 is 13.9 Å². The van der Waals surface area contributed by atoms with Gasteiger partial charge < -0.3 is 10.1 Å².